The van der Waals surface area contributed by atoms with Crippen molar-refractivity contribution in [2.45, 2.75) is 41.7 Å². The molecular formula is C39H30F9N3O4S. The fourth-order valence-electron chi connectivity index (χ4n) is 6.86. The first-order valence-electron chi connectivity index (χ1n) is 16.8. The summed E-state index contributed by atoms with van der Waals surface area (Å²) < 4.78 is 156. The van der Waals surface area contributed by atoms with Gasteiger partial charge in [-0.1, -0.05) is 78.9 Å². The van der Waals surface area contributed by atoms with Gasteiger partial charge in [0.05, 0.1) is 29.0 Å². The van der Waals surface area contributed by atoms with Gasteiger partial charge in [0, 0.05) is 11.6 Å². The first-order chi connectivity index (χ1) is 26.3. The van der Waals surface area contributed by atoms with Crippen molar-refractivity contribution in [3.63, 3.8) is 0 Å². The third kappa shape index (κ3) is 8.62. The summed E-state index contributed by atoms with van der Waals surface area (Å²) in [6.07, 6.45) is -14.0. The van der Waals surface area contributed by atoms with E-state index in [1.165, 1.54) is 48.5 Å². The van der Waals surface area contributed by atoms with Gasteiger partial charge in [0.15, 0.2) is 0 Å². The van der Waals surface area contributed by atoms with Crippen LogP contribution in [0, 0.1) is 0 Å². The highest BCUT2D eigenvalue weighted by atomic mass is 32.2. The molecule has 0 saturated carbocycles. The Morgan fingerprint density at radius 3 is 1.75 bits per heavy atom. The number of rotatable bonds is 12. The molecule has 0 atom stereocenters. The van der Waals surface area contributed by atoms with Crippen molar-refractivity contribution in [3.8, 4) is 28.1 Å². The van der Waals surface area contributed by atoms with Crippen LogP contribution in [0.3, 0.4) is 0 Å². The second-order valence-corrected chi connectivity index (χ2v) is 14.6. The van der Waals surface area contributed by atoms with E-state index >= 15 is 0 Å². The summed E-state index contributed by atoms with van der Waals surface area (Å²) in [5.74, 6) is -1.37. The summed E-state index contributed by atoms with van der Waals surface area (Å²) >= 11 is 0. The number of amides is 1. The molecule has 5 aromatic rings. The van der Waals surface area contributed by atoms with Gasteiger partial charge in [-0.05, 0) is 64.9 Å². The van der Waals surface area contributed by atoms with Crippen LogP contribution < -0.4 is 9.46 Å². The van der Waals surface area contributed by atoms with Crippen LogP contribution in [-0.4, -0.2) is 56.3 Å². The molecular weight excluding hydrogens is 777 g/mol. The topological polar surface area (TPSA) is 88.6 Å². The van der Waals surface area contributed by atoms with Crippen LogP contribution in [0.5, 0.6) is 5.88 Å². The van der Waals surface area contributed by atoms with E-state index < -0.39 is 58.5 Å². The van der Waals surface area contributed by atoms with Gasteiger partial charge in [-0.15, -0.1) is 0 Å². The number of halogens is 9. The Morgan fingerprint density at radius 2 is 1.23 bits per heavy atom. The van der Waals surface area contributed by atoms with Crippen LogP contribution in [0.25, 0.3) is 22.3 Å². The molecule has 1 N–H and O–H groups in total. The monoisotopic (exact) mass is 807 g/mol. The molecule has 56 heavy (non-hydrogen) atoms. The molecule has 17 heteroatoms. The van der Waals surface area contributed by atoms with Gasteiger partial charge in [0.1, 0.15) is 18.5 Å². The maximum absolute atomic E-state index is 14.2. The lowest BCUT2D eigenvalue weighted by Crippen LogP contribution is -2.52. The molecule has 0 aliphatic heterocycles. The third-order valence-electron chi connectivity index (χ3n) is 9.09. The highest BCUT2D eigenvalue weighted by Gasteiger charge is 2.53. The number of nitrogens with one attached hydrogen (secondary N) is 1. The van der Waals surface area contributed by atoms with Crippen molar-refractivity contribution >= 4 is 21.6 Å². The van der Waals surface area contributed by atoms with Gasteiger partial charge >= 0.3 is 18.5 Å². The maximum atomic E-state index is 14.2. The molecule has 0 bridgehead atoms. The van der Waals surface area contributed by atoms with Crippen molar-refractivity contribution in [3.05, 3.63) is 132 Å². The second kappa shape index (κ2) is 15.2. The number of pyridine rings is 1. The average Bonchev–Trinajstić information content (AvgIpc) is 3.42. The SMILES string of the molecule is O=C(N(CC(F)(F)F)CC(F)(F)F)C1(CCCOc2ccc(NS(=O)(=O)c3ccccc3-c3ccc(C(F)(F)F)cc3)cn2)c2ccccc2-c2ccccc21. The standard InChI is InChI=1S/C39H30F9N3O4S/c40-37(41,42)23-51(24-38(43,44)45)35(52)36(31-11-4-1-9-29(31)30-10-2-5-12-32(30)36)20-7-21-55-34-19-18-27(22-49-34)50-56(53,54)33-13-6-3-8-28(33)25-14-16-26(17-15-25)39(46,47)48/h1-6,8-19,22,50H,7,20-21,23-24H2. The predicted molar refractivity (Wildman–Crippen MR) is 188 cm³/mol. The predicted octanol–water partition coefficient (Wildman–Crippen LogP) is 9.65. The molecule has 1 aromatic heterocycles. The zero-order chi connectivity index (χ0) is 40.5. The van der Waals surface area contributed by atoms with Crippen molar-refractivity contribution in [1.29, 1.82) is 0 Å². The molecule has 0 spiro atoms. The molecule has 6 rings (SSSR count). The molecule has 4 aromatic carbocycles. The third-order valence-corrected chi connectivity index (χ3v) is 10.5. The zero-order valence-electron chi connectivity index (χ0n) is 28.8. The minimum atomic E-state index is -5.12. The number of anilines is 1. The lowest BCUT2D eigenvalue weighted by Gasteiger charge is -2.37. The number of nitrogens with zero attached hydrogens (tertiary/aromatic N) is 2. The highest BCUT2D eigenvalue weighted by molar-refractivity contribution is 7.92. The Hall–Kier alpha value is -5.58. The highest BCUT2D eigenvalue weighted by Crippen LogP contribution is 2.52. The molecule has 0 unspecified atom stereocenters. The number of hydrogen-bond acceptors (Lipinski definition) is 5. The van der Waals surface area contributed by atoms with E-state index in [4.69, 9.17) is 4.74 Å². The van der Waals surface area contributed by atoms with Crippen LogP contribution in [0.2, 0.25) is 0 Å². The van der Waals surface area contributed by atoms with E-state index in [-0.39, 0.29) is 63.1 Å². The van der Waals surface area contributed by atoms with Crippen molar-refractivity contribution in [2.24, 2.45) is 0 Å². The van der Waals surface area contributed by atoms with Crippen molar-refractivity contribution < 1.29 is 57.5 Å². The average molecular weight is 808 g/mol. The quantitative estimate of drug-likeness (QED) is 0.100. The minimum absolute atomic E-state index is 0.00212. The van der Waals surface area contributed by atoms with E-state index in [2.05, 4.69) is 9.71 Å². The molecule has 1 heterocycles. The number of fused-ring (bicyclic) bond motifs is 3. The van der Waals surface area contributed by atoms with Gasteiger partial charge in [-0.2, -0.15) is 39.5 Å². The largest absolute Gasteiger partial charge is 0.478 e. The Kier molecular flexibility index (Phi) is 10.9. The summed E-state index contributed by atoms with van der Waals surface area (Å²) in [7, 11) is -4.30. The minimum Gasteiger partial charge on any atom is -0.478 e. The molecule has 0 saturated heterocycles. The van der Waals surface area contributed by atoms with E-state index in [0.717, 1.165) is 30.5 Å². The normalized spacial score (nSPS) is 13.8. The Bertz CT molecular complexity index is 2250. The fourth-order valence-corrected chi connectivity index (χ4v) is 8.14. The molecule has 0 fully saturated rings. The first kappa shape index (κ1) is 40.1. The molecule has 0 radical (unpaired) electrons. The van der Waals surface area contributed by atoms with E-state index in [1.807, 2.05) is 0 Å². The van der Waals surface area contributed by atoms with Gasteiger partial charge in [-0.3, -0.25) is 9.52 Å². The van der Waals surface area contributed by atoms with Gasteiger partial charge in [0.25, 0.3) is 10.0 Å². The summed E-state index contributed by atoms with van der Waals surface area (Å²) in [4.78, 5) is 17.9. The maximum Gasteiger partial charge on any atom is 0.416 e. The number of carbonyl (C=O) groups excluding carboxylic acids is 1. The molecule has 1 amide bonds. The smallest absolute Gasteiger partial charge is 0.416 e. The first-order valence-corrected chi connectivity index (χ1v) is 18.3. The van der Waals surface area contributed by atoms with Gasteiger partial charge < -0.3 is 9.64 Å². The van der Waals surface area contributed by atoms with Gasteiger partial charge in [0.2, 0.25) is 11.8 Å². The molecule has 7 nitrogen and oxygen atoms in total. The summed E-state index contributed by atoms with van der Waals surface area (Å²) in [6, 6.07) is 25.0. The summed E-state index contributed by atoms with van der Waals surface area (Å²) in [5.41, 5.74) is -0.935. The molecule has 1 aliphatic rings. The summed E-state index contributed by atoms with van der Waals surface area (Å²) in [5, 5.41) is 0. The van der Waals surface area contributed by atoms with E-state index in [9.17, 15) is 52.7 Å². The van der Waals surface area contributed by atoms with Crippen LogP contribution in [0.15, 0.2) is 120 Å². The molecule has 1 aliphatic carbocycles. The number of aromatic nitrogens is 1. The molecule has 294 valence electrons. The zero-order valence-corrected chi connectivity index (χ0v) is 29.7. The number of alkyl halides is 9. The lowest BCUT2D eigenvalue weighted by atomic mass is 9.73. The second-order valence-electron chi connectivity index (χ2n) is 12.9. The number of benzene rings is 4. The number of carbonyl (C=O) groups is 1. The number of sulfonamides is 1. The van der Waals surface area contributed by atoms with Crippen molar-refractivity contribution in [2.75, 3.05) is 24.4 Å². The lowest BCUT2D eigenvalue weighted by molar-refractivity contribution is -0.190. The van der Waals surface area contributed by atoms with Crippen LogP contribution >= 0.6 is 0 Å². The fraction of sp³-hybridized carbons (Fsp3) is 0.231. The van der Waals surface area contributed by atoms with E-state index in [1.54, 1.807) is 36.4 Å². The van der Waals surface area contributed by atoms with Gasteiger partial charge in [-0.25, -0.2) is 13.4 Å². The van der Waals surface area contributed by atoms with Crippen LogP contribution in [0.1, 0.15) is 29.5 Å². The van der Waals surface area contributed by atoms with Crippen LogP contribution in [-0.2, 0) is 26.4 Å². The van der Waals surface area contributed by atoms with E-state index in [0.29, 0.717) is 11.1 Å². The van der Waals surface area contributed by atoms with Crippen LogP contribution in [0.4, 0.5) is 45.2 Å². The number of hydrogen-bond donors (Lipinski definition) is 1. The summed E-state index contributed by atoms with van der Waals surface area (Å²) in [6.45, 7) is -4.42. The van der Waals surface area contributed by atoms with Crippen molar-refractivity contribution in [1.82, 2.24) is 9.88 Å². The Labute approximate surface area is 314 Å². The number of ether oxygens (including phenoxy) is 1. The Balaban J connectivity index is 1.19. The Morgan fingerprint density at radius 1 is 0.696 bits per heavy atom.